The van der Waals surface area contributed by atoms with Gasteiger partial charge in [-0.1, -0.05) is 13.8 Å². The summed E-state index contributed by atoms with van der Waals surface area (Å²) < 4.78 is 113. The van der Waals surface area contributed by atoms with Crippen LogP contribution in [0.5, 0.6) is 5.75 Å². The standard InChI is InChI=1S/C23H27F8N3O4/c1-10(2)19(21(36)32-3)33-13(35)5-4-7-34-8-6-11(9-12(34)23(29,30)31)22(37)38-20-17(27)15(25)14(24)16(26)18(20)28/h10-12,19H,4-9H2,1-3H3,(H,32,36)(H,33,35)/t11-,12+,19+/m1/s1. The highest BCUT2D eigenvalue weighted by atomic mass is 19.4. The van der Waals surface area contributed by atoms with Crippen molar-refractivity contribution in [3.05, 3.63) is 29.1 Å². The number of carbonyl (C=O) groups excluding carboxylic acids is 3. The molecule has 0 bridgehead atoms. The van der Waals surface area contributed by atoms with E-state index >= 15 is 0 Å². The number of amides is 2. The van der Waals surface area contributed by atoms with E-state index in [0.29, 0.717) is 0 Å². The molecule has 1 saturated heterocycles. The fraction of sp³-hybridized carbons (Fsp3) is 0.609. The van der Waals surface area contributed by atoms with Crippen LogP contribution in [0.1, 0.15) is 39.5 Å². The lowest BCUT2D eigenvalue weighted by Crippen LogP contribution is -2.52. The highest BCUT2D eigenvalue weighted by Crippen LogP contribution is 2.36. The molecule has 0 aliphatic carbocycles. The molecule has 3 atom stereocenters. The lowest BCUT2D eigenvalue weighted by Gasteiger charge is -2.39. The minimum atomic E-state index is -4.84. The summed E-state index contributed by atoms with van der Waals surface area (Å²) in [4.78, 5) is 37.4. The molecular weight excluding hydrogens is 534 g/mol. The maximum absolute atomic E-state index is 13.8. The van der Waals surface area contributed by atoms with Crippen molar-refractivity contribution in [2.75, 3.05) is 20.1 Å². The van der Waals surface area contributed by atoms with Crippen molar-refractivity contribution in [3.8, 4) is 5.75 Å². The smallest absolute Gasteiger partial charge is 0.404 e. The molecule has 1 heterocycles. The Labute approximate surface area is 212 Å². The summed E-state index contributed by atoms with van der Waals surface area (Å²) in [6.45, 7) is 2.88. The number of hydrogen-bond donors (Lipinski definition) is 2. The zero-order valence-electron chi connectivity index (χ0n) is 20.7. The van der Waals surface area contributed by atoms with E-state index < -0.39 is 83.2 Å². The van der Waals surface area contributed by atoms with Gasteiger partial charge in [0, 0.05) is 13.5 Å². The highest BCUT2D eigenvalue weighted by Gasteiger charge is 2.48. The number of nitrogens with one attached hydrogen (secondary N) is 2. The normalized spacial score (nSPS) is 19.3. The number of carbonyl (C=O) groups is 3. The summed E-state index contributed by atoms with van der Waals surface area (Å²) in [5.74, 6) is -18.3. The van der Waals surface area contributed by atoms with E-state index in [9.17, 15) is 49.5 Å². The van der Waals surface area contributed by atoms with Crippen LogP contribution < -0.4 is 15.4 Å². The Hall–Kier alpha value is -2.97. The molecule has 1 aromatic carbocycles. The van der Waals surface area contributed by atoms with Gasteiger partial charge in [-0.25, -0.2) is 13.2 Å². The number of benzene rings is 1. The van der Waals surface area contributed by atoms with E-state index in [4.69, 9.17) is 0 Å². The number of likely N-dealkylation sites (tertiary alicyclic amines) is 1. The van der Waals surface area contributed by atoms with E-state index in [2.05, 4.69) is 15.4 Å². The number of esters is 1. The van der Waals surface area contributed by atoms with Gasteiger partial charge in [0.05, 0.1) is 5.92 Å². The van der Waals surface area contributed by atoms with Crippen LogP contribution >= 0.6 is 0 Å². The van der Waals surface area contributed by atoms with Crippen LogP contribution in [-0.2, 0) is 14.4 Å². The van der Waals surface area contributed by atoms with E-state index in [1.54, 1.807) is 13.8 Å². The molecule has 2 amide bonds. The van der Waals surface area contributed by atoms with Crippen molar-refractivity contribution in [2.45, 2.75) is 57.8 Å². The molecule has 0 radical (unpaired) electrons. The van der Waals surface area contributed by atoms with Crippen molar-refractivity contribution in [1.29, 1.82) is 0 Å². The summed E-state index contributed by atoms with van der Waals surface area (Å²) in [6, 6.07) is -3.02. The zero-order valence-corrected chi connectivity index (χ0v) is 20.7. The second-order valence-corrected chi connectivity index (χ2v) is 9.14. The van der Waals surface area contributed by atoms with E-state index in [1.807, 2.05) is 0 Å². The van der Waals surface area contributed by atoms with Gasteiger partial charge in [-0.3, -0.25) is 19.3 Å². The molecule has 1 aliphatic heterocycles. The predicted octanol–water partition coefficient (Wildman–Crippen LogP) is 3.60. The Balaban J connectivity index is 2.04. The number of likely N-dealkylation sites (N-methyl/N-ethyl adjacent to an activating group) is 1. The summed E-state index contributed by atoms with van der Waals surface area (Å²) in [6.07, 6.45) is -6.20. The third-order valence-electron chi connectivity index (χ3n) is 6.16. The van der Waals surface area contributed by atoms with E-state index in [0.717, 1.165) is 4.90 Å². The number of alkyl halides is 3. The van der Waals surface area contributed by atoms with Gasteiger partial charge in [0.1, 0.15) is 12.1 Å². The summed E-state index contributed by atoms with van der Waals surface area (Å²) >= 11 is 0. The van der Waals surface area contributed by atoms with Gasteiger partial charge in [-0.2, -0.15) is 22.0 Å². The van der Waals surface area contributed by atoms with Gasteiger partial charge in [-0.15, -0.1) is 0 Å². The molecule has 38 heavy (non-hydrogen) atoms. The fourth-order valence-corrected chi connectivity index (χ4v) is 4.07. The van der Waals surface area contributed by atoms with Gasteiger partial charge < -0.3 is 15.4 Å². The number of ether oxygens (including phenoxy) is 1. The summed E-state index contributed by atoms with van der Waals surface area (Å²) in [5.41, 5.74) is 0. The Morgan fingerprint density at radius 3 is 2.05 bits per heavy atom. The van der Waals surface area contributed by atoms with Crippen molar-refractivity contribution in [1.82, 2.24) is 15.5 Å². The first-order chi connectivity index (χ1) is 17.6. The maximum Gasteiger partial charge on any atom is 0.404 e. The molecule has 1 aromatic rings. The largest absolute Gasteiger partial charge is 0.420 e. The average Bonchev–Trinajstić information content (AvgIpc) is 2.86. The molecule has 0 unspecified atom stereocenters. The second kappa shape index (κ2) is 12.7. The van der Waals surface area contributed by atoms with Crippen LogP contribution in [0.4, 0.5) is 35.1 Å². The number of piperidine rings is 1. The molecule has 15 heteroatoms. The number of hydrogen-bond acceptors (Lipinski definition) is 5. The molecule has 0 saturated carbocycles. The van der Waals surface area contributed by atoms with Gasteiger partial charge >= 0.3 is 12.1 Å². The first-order valence-corrected chi connectivity index (χ1v) is 11.6. The second-order valence-electron chi connectivity index (χ2n) is 9.14. The quantitative estimate of drug-likeness (QED) is 0.158. The fourth-order valence-electron chi connectivity index (χ4n) is 4.07. The van der Waals surface area contributed by atoms with Gasteiger partial charge in [-0.05, 0) is 38.3 Å². The summed E-state index contributed by atoms with van der Waals surface area (Å²) in [7, 11) is 1.39. The monoisotopic (exact) mass is 561 g/mol. The van der Waals surface area contributed by atoms with Crippen LogP contribution in [0.2, 0.25) is 0 Å². The molecule has 214 valence electrons. The maximum atomic E-state index is 13.8. The van der Waals surface area contributed by atoms with Crippen LogP contribution in [0.25, 0.3) is 0 Å². The third-order valence-corrected chi connectivity index (χ3v) is 6.16. The average molecular weight is 561 g/mol. The van der Waals surface area contributed by atoms with E-state index in [-0.39, 0.29) is 38.3 Å². The highest BCUT2D eigenvalue weighted by molar-refractivity contribution is 5.87. The molecule has 0 aromatic heterocycles. The molecule has 0 spiro atoms. The number of nitrogens with zero attached hydrogens (tertiary/aromatic N) is 1. The van der Waals surface area contributed by atoms with Gasteiger partial charge in [0.2, 0.25) is 46.6 Å². The van der Waals surface area contributed by atoms with Crippen molar-refractivity contribution < 1.29 is 54.2 Å². The number of rotatable bonds is 9. The Kier molecular flexibility index (Phi) is 10.5. The molecule has 2 N–H and O–H groups in total. The molecule has 2 rings (SSSR count). The Bertz CT molecular complexity index is 1020. The van der Waals surface area contributed by atoms with E-state index in [1.165, 1.54) is 7.05 Å². The van der Waals surface area contributed by atoms with Crippen molar-refractivity contribution >= 4 is 17.8 Å². The minimum absolute atomic E-state index is 0.0172. The third kappa shape index (κ3) is 7.32. The first-order valence-electron chi connectivity index (χ1n) is 11.6. The lowest BCUT2D eigenvalue weighted by atomic mass is 9.90. The van der Waals surface area contributed by atoms with Gasteiger partial charge in [0.25, 0.3) is 0 Å². The van der Waals surface area contributed by atoms with Gasteiger partial charge in [0.15, 0.2) is 0 Å². The topological polar surface area (TPSA) is 87.7 Å². The Morgan fingerprint density at radius 1 is 1.00 bits per heavy atom. The van der Waals surface area contributed by atoms with Crippen molar-refractivity contribution in [3.63, 3.8) is 0 Å². The summed E-state index contributed by atoms with van der Waals surface area (Å²) in [5, 5.41) is 4.93. The van der Waals surface area contributed by atoms with Crippen LogP contribution in [0.3, 0.4) is 0 Å². The molecule has 7 nitrogen and oxygen atoms in total. The Morgan fingerprint density at radius 2 is 1.55 bits per heavy atom. The van der Waals surface area contributed by atoms with Crippen LogP contribution in [0, 0.1) is 40.9 Å². The SMILES string of the molecule is CNC(=O)[C@@H](NC(=O)CCCN1CC[C@@H](C(=O)Oc2c(F)c(F)c(F)c(F)c2F)C[C@H]1C(F)(F)F)C(C)C. The molecular formula is C23H27F8N3O4. The van der Waals surface area contributed by atoms with Crippen LogP contribution in [0.15, 0.2) is 0 Å². The predicted molar refractivity (Wildman–Crippen MR) is 116 cm³/mol. The van der Waals surface area contributed by atoms with Crippen molar-refractivity contribution in [2.24, 2.45) is 11.8 Å². The number of halogens is 8. The minimum Gasteiger partial charge on any atom is -0.420 e. The van der Waals surface area contributed by atoms with Crippen LogP contribution in [-0.4, -0.2) is 61.1 Å². The zero-order chi connectivity index (χ0) is 28.9. The lowest BCUT2D eigenvalue weighted by molar-refractivity contribution is -0.197. The molecule has 1 aliphatic rings. The molecule has 1 fully saturated rings. The first kappa shape index (κ1) is 31.2.